The van der Waals surface area contributed by atoms with E-state index in [0.717, 1.165) is 0 Å². The summed E-state index contributed by atoms with van der Waals surface area (Å²) in [6.45, 7) is 0. The van der Waals surface area contributed by atoms with Gasteiger partial charge >= 0.3 is 57.5 Å². The van der Waals surface area contributed by atoms with Crippen molar-refractivity contribution < 1.29 is 39.7 Å². The van der Waals surface area contributed by atoms with Gasteiger partial charge in [-0.25, -0.2) is 0 Å². The van der Waals surface area contributed by atoms with Crippen LogP contribution in [0.15, 0.2) is 0 Å². The molecule has 0 aromatic rings. The first-order valence-corrected chi connectivity index (χ1v) is 0. The SMILES string of the molecule is [Ca+2].[GaH3].[H-].[H-].[Lu].[SiH4]. The predicted octanol–water partition coefficient (Wildman–Crippen LogP) is -2.79. The minimum atomic E-state index is 0. The molecular formula is H9CaGaLuSi. The van der Waals surface area contributed by atoms with Gasteiger partial charge in [0.15, 0.2) is 0 Å². The third-order valence-electron chi connectivity index (χ3n) is 0. The number of hydrogen-bond donors (Lipinski definition) is 0. The van der Waals surface area contributed by atoms with Crippen molar-refractivity contribution in [3.8, 4) is 0 Å². The van der Waals surface area contributed by atoms with E-state index in [1.165, 1.54) is 0 Å². The van der Waals surface area contributed by atoms with Crippen LogP contribution in [0, 0.1) is 36.9 Å². The summed E-state index contributed by atoms with van der Waals surface area (Å²) in [5.41, 5.74) is 0. The zero-order chi connectivity index (χ0) is 0. The fourth-order valence-electron chi connectivity index (χ4n) is 0. The Hall–Kier alpha value is 3.35. The summed E-state index contributed by atoms with van der Waals surface area (Å²) in [6, 6.07) is 0. The first-order chi connectivity index (χ1) is 0. The molecule has 0 spiro atoms. The molecule has 0 aromatic heterocycles. The third-order valence-corrected chi connectivity index (χ3v) is 0. The van der Waals surface area contributed by atoms with Crippen LogP contribution in [0.5, 0.6) is 0 Å². The molecule has 0 saturated heterocycles. The van der Waals surface area contributed by atoms with E-state index in [1.807, 2.05) is 0 Å². The smallest absolute Gasteiger partial charge is 0 e. The predicted molar refractivity (Wildman–Crippen MR) is 29.3 cm³/mol. The van der Waals surface area contributed by atoms with Crippen molar-refractivity contribution in [2.45, 2.75) is 0 Å². The van der Waals surface area contributed by atoms with Gasteiger partial charge < -0.3 is 2.85 Å². The Morgan fingerprint density at radius 2 is 1.25 bits per heavy atom. The van der Waals surface area contributed by atoms with E-state index in [1.54, 1.807) is 0 Å². The summed E-state index contributed by atoms with van der Waals surface area (Å²) >= 11 is 0. The minimum absolute atomic E-state index is 0. The maximum absolute atomic E-state index is 0. The van der Waals surface area contributed by atoms with Crippen LogP contribution >= 0.6 is 0 Å². The van der Waals surface area contributed by atoms with Gasteiger partial charge in [0.05, 0.1) is 0 Å². The summed E-state index contributed by atoms with van der Waals surface area (Å²) in [4.78, 5) is 0. The van der Waals surface area contributed by atoms with E-state index >= 15 is 0 Å². The molecule has 0 N–H and O–H groups in total. The molecule has 0 saturated carbocycles. The van der Waals surface area contributed by atoms with Crippen molar-refractivity contribution in [2.75, 3.05) is 0 Å². The van der Waals surface area contributed by atoms with Crippen molar-refractivity contribution in [3.05, 3.63) is 0 Å². The average molecular weight is 322 g/mol. The molecular weight excluding hydrogens is 313 g/mol. The Labute approximate surface area is 106 Å². The van der Waals surface area contributed by atoms with Crippen LogP contribution in [0.2, 0.25) is 0 Å². The van der Waals surface area contributed by atoms with Crippen LogP contribution in [0.1, 0.15) is 2.85 Å². The fraction of sp³-hybridized carbons (Fsp3) is 0. The van der Waals surface area contributed by atoms with E-state index in [2.05, 4.69) is 0 Å². The van der Waals surface area contributed by atoms with Crippen LogP contribution in [0.25, 0.3) is 0 Å². The van der Waals surface area contributed by atoms with Gasteiger partial charge in [0.1, 0.15) is 0 Å². The Kier molecular flexibility index (Phi) is 107. The van der Waals surface area contributed by atoms with Gasteiger partial charge in [-0.15, -0.1) is 0 Å². The van der Waals surface area contributed by atoms with Gasteiger partial charge in [-0.3, -0.25) is 0 Å². The zero-order valence-corrected chi connectivity index (χ0v) is 4.83. The summed E-state index contributed by atoms with van der Waals surface area (Å²) in [5, 5.41) is 0. The molecule has 0 aliphatic rings. The molecule has 0 fully saturated rings. The molecule has 0 atom stereocenters. The monoisotopic (exact) mass is 321 g/mol. The topological polar surface area (TPSA) is 0 Å². The Morgan fingerprint density at radius 3 is 1.25 bits per heavy atom. The van der Waals surface area contributed by atoms with E-state index < -0.39 is 0 Å². The minimum Gasteiger partial charge on any atom is -1.00 e. The Bertz CT molecular complexity index is 13.5. The van der Waals surface area contributed by atoms with Gasteiger partial charge in [-0.05, 0) is 11.0 Å². The first kappa shape index (κ1) is 26.4. The maximum Gasteiger partial charge on any atom is 0 e. The van der Waals surface area contributed by atoms with Gasteiger partial charge in [0, 0.05) is 36.9 Å². The van der Waals surface area contributed by atoms with Crippen LogP contribution in [-0.4, -0.2) is 68.5 Å². The second-order valence-corrected chi connectivity index (χ2v) is 0. The second-order valence-electron chi connectivity index (χ2n) is 0. The largest absolute Gasteiger partial charge is 1.00 e. The molecule has 0 aliphatic carbocycles. The van der Waals surface area contributed by atoms with Crippen LogP contribution in [-0.2, 0) is 0 Å². The van der Waals surface area contributed by atoms with Crippen LogP contribution in [0.4, 0.5) is 0 Å². The quantitative estimate of drug-likeness (QED) is 0.423. The normalized spacial score (nSPS) is 0. The summed E-state index contributed by atoms with van der Waals surface area (Å²) in [5.74, 6) is 0. The van der Waals surface area contributed by atoms with Crippen molar-refractivity contribution in [3.63, 3.8) is 0 Å². The van der Waals surface area contributed by atoms with Crippen LogP contribution in [0.3, 0.4) is 0 Å². The van der Waals surface area contributed by atoms with E-state index in [9.17, 15) is 0 Å². The number of hydrogen-bond acceptors (Lipinski definition) is 0. The standard InChI is InChI=1S/Ca.Ga.Lu.H4Si.5H/h;;;1H4;;;;;/q+2;;;;;;;2*-1. The first-order valence-electron chi connectivity index (χ1n) is 0. The zero-order valence-electron chi connectivity index (χ0n) is 2.97. The van der Waals surface area contributed by atoms with Crippen molar-refractivity contribution >= 4 is 68.5 Å². The van der Waals surface area contributed by atoms with E-state index in [-0.39, 0.29) is 108 Å². The van der Waals surface area contributed by atoms with E-state index in [0.29, 0.717) is 0 Å². The molecule has 0 heterocycles. The molecule has 0 unspecified atom stereocenters. The van der Waals surface area contributed by atoms with Crippen LogP contribution < -0.4 is 0 Å². The molecule has 33 valence electrons. The maximum atomic E-state index is 0. The molecule has 4 heavy (non-hydrogen) atoms. The molecule has 0 rings (SSSR count). The number of rotatable bonds is 0. The molecule has 0 amide bonds. The van der Waals surface area contributed by atoms with Gasteiger partial charge in [0.25, 0.3) is 0 Å². The summed E-state index contributed by atoms with van der Waals surface area (Å²) in [7, 11) is 0. The Morgan fingerprint density at radius 1 is 1.25 bits per heavy atom. The van der Waals surface area contributed by atoms with Crippen molar-refractivity contribution in [1.29, 1.82) is 0 Å². The van der Waals surface area contributed by atoms with Gasteiger partial charge in [-0.2, -0.15) is 0 Å². The second kappa shape index (κ2) is 16.2. The molecule has 4 heteroatoms. The fourth-order valence-corrected chi connectivity index (χ4v) is 0. The molecule has 0 aliphatic heterocycles. The van der Waals surface area contributed by atoms with Crippen molar-refractivity contribution in [1.82, 2.24) is 0 Å². The summed E-state index contributed by atoms with van der Waals surface area (Å²) in [6.07, 6.45) is 0. The average Bonchev–Trinajstić information content (AvgIpc) is 0. The molecule has 0 nitrogen and oxygen atoms in total. The van der Waals surface area contributed by atoms with Gasteiger partial charge in [0.2, 0.25) is 0 Å². The molecule has 1 radical (unpaired) electrons. The summed E-state index contributed by atoms with van der Waals surface area (Å²) < 4.78 is 0. The third kappa shape index (κ3) is 9.02. The molecule has 0 bridgehead atoms. The van der Waals surface area contributed by atoms with Crippen molar-refractivity contribution in [2.24, 2.45) is 0 Å². The molecule has 0 aromatic carbocycles. The van der Waals surface area contributed by atoms with Gasteiger partial charge in [-0.1, -0.05) is 0 Å². The Balaban J connectivity index is 0. The van der Waals surface area contributed by atoms with E-state index in [4.69, 9.17) is 0 Å².